The maximum atomic E-state index is 13.6. The van der Waals surface area contributed by atoms with Crippen molar-refractivity contribution < 1.29 is 19.4 Å². The standard InChI is InChI=1S/C24H30ClNO4Si/c1-15-22(31(4,5)18-9-7-17(29-3)8-10-18)21(12-13-27)30-24(15)19-14-16(25)6-11-20(19)26(2)23(24)28/h6-11,14-15,21-22,27H,12-13H2,1-5H3/t15-,21+,22-,24+/m0/s1. The number of benzene rings is 2. The second-order valence-corrected chi connectivity index (χ2v) is 14.3. The zero-order valence-electron chi connectivity index (χ0n) is 18.7. The molecule has 0 radical (unpaired) electrons. The zero-order chi connectivity index (χ0) is 22.6. The Hall–Kier alpha value is -1.86. The maximum absolute atomic E-state index is 13.6. The lowest BCUT2D eigenvalue weighted by molar-refractivity contribution is -0.145. The van der Waals surface area contributed by atoms with E-state index in [0.29, 0.717) is 11.4 Å². The largest absolute Gasteiger partial charge is 0.497 e. The molecule has 31 heavy (non-hydrogen) atoms. The summed E-state index contributed by atoms with van der Waals surface area (Å²) in [4.78, 5) is 15.3. The van der Waals surface area contributed by atoms with Crippen molar-refractivity contribution in [3.63, 3.8) is 0 Å². The lowest BCUT2D eigenvalue weighted by Gasteiger charge is -2.37. The lowest BCUT2D eigenvalue weighted by atomic mass is 9.82. The van der Waals surface area contributed by atoms with E-state index in [1.54, 1.807) is 19.1 Å². The Morgan fingerprint density at radius 1 is 1.23 bits per heavy atom. The van der Waals surface area contributed by atoms with Crippen LogP contribution in [0.4, 0.5) is 5.69 Å². The first-order chi connectivity index (χ1) is 14.7. The van der Waals surface area contributed by atoms with Crippen molar-refractivity contribution in [2.24, 2.45) is 5.92 Å². The first kappa shape index (κ1) is 22.3. The molecule has 1 N–H and O–H groups in total. The first-order valence-corrected chi connectivity index (χ1v) is 14.2. The van der Waals surface area contributed by atoms with Crippen LogP contribution in [0.5, 0.6) is 5.75 Å². The van der Waals surface area contributed by atoms with Gasteiger partial charge in [-0.2, -0.15) is 0 Å². The second-order valence-electron chi connectivity index (χ2n) is 9.19. The van der Waals surface area contributed by atoms with Crippen LogP contribution in [-0.4, -0.2) is 46.0 Å². The molecule has 4 rings (SSSR count). The molecule has 0 bridgehead atoms. The van der Waals surface area contributed by atoms with Crippen LogP contribution in [0.15, 0.2) is 42.5 Å². The third-order valence-electron chi connectivity index (χ3n) is 7.34. The number of rotatable bonds is 5. The summed E-state index contributed by atoms with van der Waals surface area (Å²) < 4.78 is 12.0. The maximum Gasteiger partial charge on any atom is 0.264 e. The molecule has 166 valence electrons. The Labute approximate surface area is 189 Å². The molecular formula is C24H30ClNO4Si. The fourth-order valence-electron chi connectivity index (χ4n) is 5.79. The molecule has 1 fully saturated rings. The van der Waals surface area contributed by atoms with Gasteiger partial charge in [-0.1, -0.05) is 48.9 Å². The number of aliphatic hydroxyl groups is 1. The van der Waals surface area contributed by atoms with Gasteiger partial charge in [0, 0.05) is 30.2 Å². The summed E-state index contributed by atoms with van der Waals surface area (Å²) >= 11 is 6.35. The number of likely N-dealkylation sites (N-methyl/N-ethyl adjacent to an activating group) is 1. The smallest absolute Gasteiger partial charge is 0.264 e. The minimum atomic E-state index is -2.12. The molecule has 7 heteroatoms. The normalized spacial score (nSPS) is 27.8. The van der Waals surface area contributed by atoms with Gasteiger partial charge in [0.1, 0.15) is 5.75 Å². The Kier molecular flexibility index (Phi) is 5.71. The van der Waals surface area contributed by atoms with Crippen molar-refractivity contribution >= 4 is 36.5 Å². The van der Waals surface area contributed by atoms with Gasteiger partial charge in [0.2, 0.25) is 0 Å². The fourth-order valence-corrected chi connectivity index (χ4v) is 10.0. The molecule has 0 unspecified atom stereocenters. The molecular weight excluding hydrogens is 430 g/mol. The van der Waals surface area contributed by atoms with Crippen molar-refractivity contribution in [2.75, 3.05) is 25.7 Å². The molecule has 2 aliphatic rings. The highest BCUT2D eigenvalue weighted by atomic mass is 35.5. The zero-order valence-corrected chi connectivity index (χ0v) is 20.4. The van der Waals surface area contributed by atoms with E-state index in [2.05, 4.69) is 32.2 Å². The van der Waals surface area contributed by atoms with E-state index >= 15 is 0 Å². The molecule has 2 heterocycles. The van der Waals surface area contributed by atoms with Crippen LogP contribution in [0.1, 0.15) is 18.9 Å². The van der Waals surface area contributed by atoms with Crippen molar-refractivity contribution in [3.05, 3.63) is 53.1 Å². The highest BCUT2D eigenvalue weighted by Gasteiger charge is 2.65. The van der Waals surface area contributed by atoms with E-state index in [9.17, 15) is 9.90 Å². The molecule has 5 nitrogen and oxygen atoms in total. The molecule has 0 aromatic heterocycles. The summed E-state index contributed by atoms with van der Waals surface area (Å²) in [6, 6.07) is 13.8. The van der Waals surface area contributed by atoms with Gasteiger partial charge in [-0.05, 0) is 42.3 Å². The topological polar surface area (TPSA) is 59.0 Å². The SMILES string of the molecule is COc1ccc([Si](C)(C)[C@@H]2[C@@H](CCO)O[C@]3(C(=O)N(C)c4ccc(Cl)cc43)[C@H]2C)cc1. The predicted molar refractivity (Wildman–Crippen MR) is 126 cm³/mol. The Balaban J connectivity index is 1.83. The van der Waals surface area contributed by atoms with E-state index < -0.39 is 13.7 Å². The number of carbonyl (C=O) groups is 1. The molecule has 1 saturated heterocycles. The average molecular weight is 460 g/mol. The minimum Gasteiger partial charge on any atom is -0.497 e. The van der Waals surface area contributed by atoms with Crippen LogP contribution in [0.25, 0.3) is 0 Å². The minimum absolute atomic E-state index is 0.0174. The molecule has 2 aliphatic heterocycles. The van der Waals surface area contributed by atoms with E-state index in [1.165, 1.54) is 5.19 Å². The van der Waals surface area contributed by atoms with Crippen LogP contribution in [0.2, 0.25) is 23.7 Å². The van der Waals surface area contributed by atoms with Crippen molar-refractivity contribution in [1.82, 2.24) is 0 Å². The van der Waals surface area contributed by atoms with Crippen LogP contribution < -0.4 is 14.8 Å². The fraction of sp³-hybridized carbons (Fsp3) is 0.458. The van der Waals surface area contributed by atoms with Crippen LogP contribution >= 0.6 is 11.6 Å². The highest BCUT2D eigenvalue weighted by Crippen LogP contribution is 2.59. The predicted octanol–water partition coefficient (Wildman–Crippen LogP) is 3.92. The molecule has 4 atom stereocenters. The molecule has 2 aromatic rings. The second kappa shape index (κ2) is 7.92. The number of ether oxygens (including phenoxy) is 2. The summed E-state index contributed by atoms with van der Waals surface area (Å²) in [6.45, 7) is 6.79. The molecule has 0 aliphatic carbocycles. The van der Waals surface area contributed by atoms with Gasteiger partial charge >= 0.3 is 0 Å². The Morgan fingerprint density at radius 2 is 1.90 bits per heavy atom. The van der Waals surface area contributed by atoms with E-state index in [4.69, 9.17) is 21.1 Å². The molecule has 1 spiro atoms. The number of amides is 1. The summed E-state index contributed by atoms with van der Waals surface area (Å²) in [7, 11) is 1.33. The summed E-state index contributed by atoms with van der Waals surface area (Å²) in [5.74, 6) is 0.702. The van der Waals surface area contributed by atoms with Gasteiger partial charge in [-0.25, -0.2) is 0 Å². The van der Waals surface area contributed by atoms with Gasteiger partial charge < -0.3 is 19.5 Å². The Morgan fingerprint density at radius 3 is 2.52 bits per heavy atom. The number of carbonyl (C=O) groups excluding carboxylic acids is 1. The van der Waals surface area contributed by atoms with Crippen molar-refractivity contribution in [1.29, 1.82) is 0 Å². The number of halogens is 1. The monoisotopic (exact) mass is 459 g/mol. The number of hydrogen-bond donors (Lipinski definition) is 1. The van der Waals surface area contributed by atoms with Crippen molar-refractivity contribution in [3.8, 4) is 5.75 Å². The molecule has 2 aromatic carbocycles. The van der Waals surface area contributed by atoms with Crippen molar-refractivity contribution in [2.45, 2.75) is 43.7 Å². The van der Waals surface area contributed by atoms with Gasteiger partial charge in [0.15, 0.2) is 5.60 Å². The van der Waals surface area contributed by atoms with E-state index in [0.717, 1.165) is 17.0 Å². The summed E-state index contributed by atoms with van der Waals surface area (Å²) in [6.07, 6.45) is 0.280. The third-order valence-corrected chi connectivity index (χ3v) is 11.9. The van der Waals surface area contributed by atoms with Gasteiger partial charge in [-0.3, -0.25) is 4.79 Å². The number of hydrogen-bond acceptors (Lipinski definition) is 4. The number of anilines is 1. The van der Waals surface area contributed by atoms with Gasteiger partial charge in [0.05, 0.1) is 27.0 Å². The lowest BCUT2D eigenvalue weighted by Crippen LogP contribution is -2.51. The number of fused-ring (bicyclic) bond motifs is 2. The number of methoxy groups -OCH3 is 1. The number of nitrogens with zero attached hydrogens (tertiary/aromatic N) is 1. The first-order valence-electron chi connectivity index (χ1n) is 10.7. The van der Waals surface area contributed by atoms with Crippen LogP contribution in [0, 0.1) is 5.92 Å². The van der Waals surface area contributed by atoms with Gasteiger partial charge in [0.25, 0.3) is 5.91 Å². The van der Waals surface area contributed by atoms with E-state index in [1.807, 2.05) is 30.3 Å². The molecule has 0 saturated carbocycles. The van der Waals surface area contributed by atoms with Crippen LogP contribution in [-0.2, 0) is 15.1 Å². The molecule has 1 amide bonds. The average Bonchev–Trinajstić information content (AvgIpc) is 3.16. The Bertz CT molecular complexity index is 996. The third kappa shape index (κ3) is 3.23. The number of aliphatic hydroxyl groups excluding tert-OH is 1. The van der Waals surface area contributed by atoms with E-state index in [-0.39, 0.29) is 30.1 Å². The highest BCUT2D eigenvalue weighted by molar-refractivity contribution is 6.91. The van der Waals surface area contributed by atoms with Gasteiger partial charge in [-0.15, -0.1) is 0 Å². The van der Waals surface area contributed by atoms with Crippen LogP contribution in [0.3, 0.4) is 0 Å². The summed E-state index contributed by atoms with van der Waals surface area (Å²) in [5.41, 5.74) is 0.741. The quantitative estimate of drug-likeness (QED) is 0.688. The summed E-state index contributed by atoms with van der Waals surface area (Å²) in [5, 5.41) is 11.7.